The van der Waals surface area contributed by atoms with E-state index in [2.05, 4.69) is 10.4 Å². The van der Waals surface area contributed by atoms with Crippen LogP contribution in [0.1, 0.15) is 12.5 Å². The van der Waals surface area contributed by atoms with Crippen molar-refractivity contribution in [2.45, 2.75) is 13.8 Å². The molecule has 0 atom stereocenters. The molecule has 1 amide bonds. The van der Waals surface area contributed by atoms with Crippen molar-refractivity contribution in [3.8, 4) is 0 Å². The minimum atomic E-state index is -0.179. The lowest BCUT2D eigenvalue weighted by molar-refractivity contribution is -0.115. The zero-order valence-corrected chi connectivity index (χ0v) is 8.61. The first-order valence-electron chi connectivity index (χ1n) is 4.60. The van der Waals surface area contributed by atoms with Gasteiger partial charge >= 0.3 is 0 Å². The van der Waals surface area contributed by atoms with Crippen molar-refractivity contribution in [1.82, 2.24) is 9.66 Å². The van der Waals surface area contributed by atoms with Crippen molar-refractivity contribution in [1.29, 1.82) is 0 Å². The smallest absolute Gasteiger partial charge is 0.235 e. The van der Waals surface area contributed by atoms with Gasteiger partial charge in [-0.3, -0.25) is 10.2 Å². The normalized spacial score (nSPS) is 10.5. The van der Waals surface area contributed by atoms with Gasteiger partial charge in [-0.05, 0) is 24.6 Å². The quantitative estimate of drug-likeness (QED) is 0.728. The van der Waals surface area contributed by atoms with Crippen LogP contribution in [-0.4, -0.2) is 15.6 Å². The first kappa shape index (κ1) is 9.51. The molecule has 78 valence electrons. The molecule has 0 saturated carbocycles. The zero-order valence-electron chi connectivity index (χ0n) is 8.61. The Morgan fingerprint density at radius 3 is 2.93 bits per heavy atom. The number of aryl methyl sites for hydroxylation is 1. The van der Waals surface area contributed by atoms with E-state index in [4.69, 9.17) is 5.73 Å². The molecule has 3 N–H and O–H groups in total. The number of anilines is 1. The fraction of sp³-hybridized carbons (Fsp3) is 0.200. The second-order valence-corrected chi connectivity index (χ2v) is 3.47. The first-order chi connectivity index (χ1) is 7.08. The topological polar surface area (TPSA) is 72.9 Å². The van der Waals surface area contributed by atoms with Crippen LogP contribution in [0.4, 0.5) is 5.95 Å². The molecule has 0 saturated heterocycles. The van der Waals surface area contributed by atoms with Crippen LogP contribution in [0, 0.1) is 6.92 Å². The van der Waals surface area contributed by atoms with Gasteiger partial charge in [0.25, 0.3) is 0 Å². The van der Waals surface area contributed by atoms with Crippen LogP contribution in [-0.2, 0) is 4.79 Å². The minimum absolute atomic E-state index is 0.179. The predicted molar refractivity (Wildman–Crippen MR) is 58.9 cm³/mol. The highest BCUT2D eigenvalue weighted by Crippen LogP contribution is 2.17. The number of hydrogen-bond donors (Lipinski definition) is 2. The number of imidazole rings is 1. The van der Waals surface area contributed by atoms with E-state index in [1.54, 1.807) is 0 Å². The van der Waals surface area contributed by atoms with Crippen molar-refractivity contribution in [3.63, 3.8) is 0 Å². The Hall–Kier alpha value is -2.04. The summed E-state index contributed by atoms with van der Waals surface area (Å²) in [6, 6.07) is 5.75. The number of rotatable bonds is 1. The molecule has 1 aromatic heterocycles. The van der Waals surface area contributed by atoms with Crippen molar-refractivity contribution in [2.75, 3.05) is 11.2 Å². The van der Waals surface area contributed by atoms with E-state index in [0.717, 1.165) is 16.6 Å². The molecule has 0 spiro atoms. The van der Waals surface area contributed by atoms with Gasteiger partial charge < -0.3 is 5.73 Å². The Balaban J connectivity index is 2.63. The molecule has 1 aromatic carbocycles. The van der Waals surface area contributed by atoms with Gasteiger partial charge in [0, 0.05) is 6.92 Å². The van der Waals surface area contributed by atoms with Crippen molar-refractivity contribution in [2.24, 2.45) is 0 Å². The summed E-state index contributed by atoms with van der Waals surface area (Å²) in [4.78, 5) is 15.1. The maximum Gasteiger partial charge on any atom is 0.235 e. The van der Waals surface area contributed by atoms with E-state index >= 15 is 0 Å². The summed E-state index contributed by atoms with van der Waals surface area (Å²) in [5.74, 6) is 0.104. The van der Waals surface area contributed by atoms with Gasteiger partial charge in [-0.2, -0.15) is 0 Å². The van der Waals surface area contributed by atoms with E-state index < -0.39 is 0 Å². The number of benzene rings is 1. The minimum Gasteiger partial charge on any atom is -0.368 e. The van der Waals surface area contributed by atoms with Crippen molar-refractivity contribution >= 4 is 22.9 Å². The fourth-order valence-electron chi connectivity index (χ4n) is 1.48. The van der Waals surface area contributed by atoms with E-state index in [0.29, 0.717) is 0 Å². The average molecular weight is 204 g/mol. The summed E-state index contributed by atoms with van der Waals surface area (Å²) >= 11 is 0. The number of nitrogens with zero attached hydrogens (tertiary/aromatic N) is 2. The SMILES string of the molecule is CC(=O)Nn1c(N)nc2cc(C)ccc21. The molecule has 0 aliphatic rings. The summed E-state index contributed by atoms with van der Waals surface area (Å²) in [5, 5.41) is 0. The molecule has 5 nitrogen and oxygen atoms in total. The molecule has 1 heterocycles. The number of carbonyl (C=O) groups is 1. The number of aromatic nitrogens is 2. The van der Waals surface area contributed by atoms with Crippen LogP contribution in [0.5, 0.6) is 0 Å². The molecular formula is C10H12N4O. The second kappa shape index (κ2) is 3.27. The van der Waals surface area contributed by atoms with Gasteiger partial charge in [0.1, 0.15) is 0 Å². The van der Waals surface area contributed by atoms with E-state index in [1.807, 2.05) is 25.1 Å². The largest absolute Gasteiger partial charge is 0.368 e. The third-order valence-electron chi connectivity index (χ3n) is 2.11. The van der Waals surface area contributed by atoms with Crippen LogP contribution in [0.3, 0.4) is 0 Å². The maximum atomic E-state index is 11.0. The first-order valence-corrected chi connectivity index (χ1v) is 4.60. The highest BCUT2D eigenvalue weighted by atomic mass is 16.2. The van der Waals surface area contributed by atoms with Crippen molar-refractivity contribution in [3.05, 3.63) is 23.8 Å². The van der Waals surface area contributed by atoms with E-state index in [-0.39, 0.29) is 11.9 Å². The second-order valence-electron chi connectivity index (χ2n) is 3.47. The molecule has 0 aliphatic carbocycles. The van der Waals surface area contributed by atoms with Gasteiger partial charge in [-0.1, -0.05) is 6.07 Å². The lowest BCUT2D eigenvalue weighted by atomic mass is 10.2. The number of carbonyl (C=O) groups excluding carboxylic acids is 1. The molecule has 0 radical (unpaired) electrons. The summed E-state index contributed by atoms with van der Waals surface area (Å²) < 4.78 is 1.48. The molecule has 15 heavy (non-hydrogen) atoms. The van der Waals surface area contributed by atoms with E-state index in [1.165, 1.54) is 11.6 Å². The van der Waals surface area contributed by atoms with Crippen LogP contribution in [0.2, 0.25) is 0 Å². The Kier molecular flexibility index (Phi) is 2.07. The summed E-state index contributed by atoms with van der Waals surface area (Å²) in [7, 11) is 0. The Labute approximate surface area is 86.9 Å². The van der Waals surface area contributed by atoms with Gasteiger partial charge in [-0.25, -0.2) is 9.66 Å². The van der Waals surface area contributed by atoms with Gasteiger partial charge in [0.2, 0.25) is 11.9 Å². The molecule has 0 unspecified atom stereocenters. The monoisotopic (exact) mass is 204 g/mol. The maximum absolute atomic E-state index is 11.0. The predicted octanol–water partition coefficient (Wildman–Crippen LogP) is 1.02. The molecular weight excluding hydrogens is 192 g/mol. The number of fused-ring (bicyclic) bond motifs is 1. The Morgan fingerprint density at radius 2 is 2.27 bits per heavy atom. The van der Waals surface area contributed by atoms with Crippen LogP contribution < -0.4 is 11.2 Å². The number of nitrogens with one attached hydrogen (secondary N) is 1. The molecule has 0 bridgehead atoms. The number of amides is 1. The Morgan fingerprint density at radius 1 is 1.53 bits per heavy atom. The zero-order chi connectivity index (χ0) is 11.0. The van der Waals surface area contributed by atoms with E-state index in [9.17, 15) is 4.79 Å². The summed E-state index contributed by atoms with van der Waals surface area (Å²) in [5.41, 5.74) is 11.0. The third kappa shape index (κ3) is 1.63. The number of nitrogen functional groups attached to an aromatic ring is 1. The summed E-state index contributed by atoms with van der Waals surface area (Å²) in [6.07, 6.45) is 0. The molecule has 2 rings (SSSR count). The van der Waals surface area contributed by atoms with Gasteiger partial charge in [0.15, 0.2) is 0 Å². The van der Waals surface area contributed by atoms with Crippen molar-refractivity contribution < 1.29 is 4.79 Å². The third-order valence-corrected chi connectivity index (χ3v) is 2.11. The van der Waals surface area contributed by atoms with Gasteiger partial charge in [-0.15, -0.1) is 0 Å². The lowest BCUT2D eigenvalue weighted by Gasteiger charge is -2.05. The van der Waals surface area contributed by atoms with Gasteiger partial charge in [0.05, 0.1) is 11.0 Å². The number of nitrogens with two attached hydrogens (primary N) is 1. The van der Waals surface area contributed by atoms with Crippen LogP contribution in [0.25, 0.3) is 11.0 Å². The Bertz CT molecular complexity index is 529. The summed E-state index contributed by atoms with van der Waals surface area (Å²) in [6.45, 7) is 3.41. The fourth-order valence-corrected chi connectivity index (χ4v) is 1.48. The van der Waals surface area contributed by atoms with Crippen LogP contribution >= 0.6 is 0 Å². The average Bonchev–Trinajstić information content (AvgIpc) is 2.41. The molecule has 0 fully saturated rings. The highest BCUT2D eigenvalue weighted by Gasteiger charge is 2.08. The highest BCUT2D eigenvalue weighted by molar-refractivity contribution is 5.86. The molecule has 2 aromatic rings. The lowest BCUT2D eigenvalue weighted by Crippen LogP contribution is -2.21. The number of hydrogen-bond acceptors (Lipinski definition) is 3. The van der Waals surface area contributed by atoms with Crippen LogP contribution in [0.15, 0.2) is 18.2 Å². The molecule has 0 aliphatic heterocycles. The molecule has 5 heteroatoms. The standard InChI is InChI=1S/C10H12N4O/c1-6-3-4-9-8(5-6)12-10(11)14(9)13-7(2)15/h3-5H,1-2H3,(H2,11,12)(H,13,15).